The van der Waals surface area contributed by atoms with Crippen LogP contribution in [0.25, 0.3) is 0 Å². The number of nitrogens with one attached hydrogen (secondary N) is 1. The first-order chi connectivity index (χ1) is 8.21. The monoisotopic (exact) mass is 234 g/mol. The Kier molecular flexibility index (Phi) is 6.23. The van der Waals surface area contributed by atoms with Gasteiger partial charge in [-0.25, -0.2) is 0 Å². The van der Waals surface area contributed by atoms with Crippen LogP contribution in [0.15, 0.2) is 24.3 Å². The molecule has 0 saturated carbocycles. The SMILES string of the molecule is CCC(CC)CC(Cc1ccccc1C)NN. The molecule has 0 aliphatic heterocycles. The van der Waals surface area contributed by atoms with E-state index in [1.165, 1.54) is 24.0 Å². The van der Waals surface area contributed by atoms with E-state index in [9.17, 15) is 0 Å². The largest absolute Gasteiger partial charge is 0.271 e. The number of hydrogen-bond donors (Lipinski definition) is 2. The van der Waals surface area contributed by atoms with Gasteiger partial charge in [0.15, 0.2) is 0 Å². The number of nitrogens with two attached hydrogens (primary N) is 1. The zero-order valence-corrected chi connectivity index (χ0v) is 11.4. The summed E-state index contributed by atoms with van der Waals surface area (Å²) >= 11 is 0. The first-order valence-electron chi connectivity index (χ1n) is 6.71. The van der Waals surface area contributed by atoms with Crippen molar-refractivity contribution in [3.63, 3.8) is 0 Å². The lowest BCUT2D eigenvalue weighted by molar-refractivity contribution is 0.366. The van der Waals surface area contributed by atoms with Gasteiger partial charge in [-0.1, -0.05) is 51.0 Å². The average molecular weight is 234 g/mol. The highest BCUT2D eigenvalue weighted by Crippen LogP contribution is 2.18. The van der Waals surface area contributed by atoms with Crippen molar-refractivity contribution in [1.29, 1.82) is 0 Å². The van der Waals surface area contributed by atoms with Crippen LogP contribution in [0.1, 0.15) is 44.2 Å². The van der Waals surface area contributed by atoms with Gasteiger partial charge in [-0.15, -0.1) is 0 Å². The molecule has 0 saturated heterocycles. The maximum atomic E-state index is 5.68. The number of hydrogen-bond acceptors (Lipinski definition) is 2. The van der Waals surface area contributed by atoms with E-state index in [-0.39, 0.29) is 0 Å². The van der Waals surface area contributed by atoms with E-state index in [4.69, 9.17) is 5.84 Å². The number of benzene rings is 1. The Morgan fingerprint density at radius 3 is 2.35 bits per heavy atom. The van der Waals surface area contributed by atoms with Crippen LogP contribution < -0.4 is 11.3 Å². The summed E-state index contributed by atoms with van der Waals surface area (Å²) in [5.41, 5.74) is 5.74. The molecular weight excluding hydrogens is 208 g/mol. The predicted molar refractivity (Wildman–Crippen MR) is 74.7 cm³/mol. The molecule has 0 aromatic heterocycles. The van der Waals surface area contributed by atoms with Gasteiger partial charge >= 0.3 is 0 Å². The fourth-order valence-electron chi connectivity index (χ4n) is 2.34. The van der Waals surface area contributed by atoms with Gasteiger partial charge in [0.05, 0.1) is 0 Å². The maximum absolute atomic E-state index is 5.68. The van der Waals surface area contributed by atoms with Crippen molar-refractivity contribution in [3.05, 3.63) is 35.4 Å². The van der Waals surface area contributed by atoms with Gasteiger partial charge in [-0.3, -0.25) is 11.3 Å². The van der Waals surface area contributed by atoms with Gasteiger partial charge < -0.3 is 0 Å². The molecule has 0 aliphatic rings. The molecule has 0 bridgehead atoms. The fourth-order valence-corrected chi connectivity index (χ4v) is 2.34. The van der Waals surface area contributed by atoms with Crippen molar-refractivity contribution in [2.24, 2.45) is 11.8 Å². The molecule has 1 aromatic carbocycles. The quantitative estimate of drug-likeness (QED) is 0.561. The Hall–Kier alpha value is -0.860. The standard InChI is InChI=1S/C15H26N2/c1-4-13(5-2)10-15(17-16)11-14-9-7-6-8-12(14)3/h6-9,13,15,17H,4-5,10-11,16H2,1-3H3. The molecule has 96 valence electrons. The summed E-state index contributed by atoms with van der Waals surface area (Å²) in [5, 5.41) is 0. The summed E-state index contributed by atoms with van der Waals surface area (Å²) in [4.78, 5) is 0. The third-order valence-corrected chi connectivity index (χ3v) is 3.74. The first kappa shape index (κ1) is 14.2. The second-order valence-corrected chi connectivity index (χ2v) is 4.91. The topological polar surface area (TPSA) is 38.0 Å². The smallest absolute Gasteiger partial charge is 0.0253 e. The summed E-state index contributed by atoms with van der Waals surface area (Å²) in [6, 6.07) is 8.95. The molecule has 0 amide bonds. The van der Waals surface area contributed by atoms with Crippen LogP contribution in [0, 0.1) is 12.8 Å². The third kappa shape index (κ3) is 4.49. The summed E-state index contributed by atoms with van der Waals surface area (Å²) in [6.07, 6.45) is 4.67. The highest BCUT2D eigenvalue weighted by molar-refractivity contribution is 5.26. The minimum absolute atomic E-state index is 0.390. The van der Waals surface area contributed by atoms with E-state index in [1.54, 1.807) is 0 Å². The molecule has 0 heterocycles. The predicted octanol–water partition coefficient (Wildman–Crippen LogP) is 3.20. The van der Waals surface area contributed by atoms with Gasteiger partial charge in [0.2, 0.25) is 0 Å². The Labute approximate surface area is 106 Å². The van der Waals surface area contributed by atoms with Crippen LogP contribution in [0.4, 0.5) is 0 Å². The van der Waals surface area contributed by atoms with Crippen molar-refractivity contribution in [1.82, 2.24) is 5.43 Å². The van der Waals surface area contributed by atoms with Crippen LogP contribution in [-0.4, -0.2) is 6.04 Å². The Balaban J connectivity index is 2.61. The lowest BCUT2D eigenvalue weighted by atomic mass is 9.91. The van der Waals surface area contributed by atoms with Crippen LogP contribution in [-0.2, 0) is 6.42 Å². The van der Waals surface area contributed by atoms with Gasteiger partial charge in [0.25, 0.3) is 0 Å². The number of aryl methyl sites for hydroxylation is 1. The van der Waals surface area contributed by atoms with Crippen molar-refractivity contribution in [3.8, 4) is 0 Å². The molecule has 0 radical (unpaired) electrons. The molecule has 1 atom stereocenters. The highest BCUT2D eigenvalue weighted by atomic mass is 15.2. The highest BCUT2D eigenvalue weighted by Gasteiger charge is 2.14. The molecule has 0 spiro atoms. The van der Waals surface area contributed by atoms with E-state index in [2.05, 4.69) is 50.5 Å². The molecule has 2 nitrogen and oxygen atoms in total. The van der Waals surface area contributed by atoms with E-state index in [0.29, 0.717) is 6.04 Å². The van der Waals surface area contributed by atoms with Crippen LogP contribution >= 0.6 is 0 Å². The van der Waals surface area contributed by atoms with Gasteiger partial charge in [-0.2, -0.15) is 0 Å². The first-order valence-corrected chi connectivity index (χ1v) is 6.71. The summed E-state index contributed by atoms with van der Waals surface area (Å²) in [6.45, 7) is 6.69. The summed E-state index contributed by atoms with van der Waals surface area (Å²) < 4.78 is 0. The second kappa shape index (κ2) is 7.46. The zero-order valence-electron chi connectivity index (χ0n) is 11.4. The summed E-state index contributed by atoms with van der Waals surface area (Å²) in [5.74, 6) is 6.46. The lowest BCUT2D eigenvalue weighted by Crippen LogP contribution is -2.38. The van der Waals surface area contributed by atoms with E-state index in [0.717, 1.165) is 18.8 Å². The Morgan fingerprint density at radius 2 is 1.82 bits per heavy atom. The van der Waals surface area contributed by atoms with Gasteiger partial charge in [0, 0.05) is 6.04 Å². The molecular formula is C15H26N2. The fraction of sp³-hybridized carbons (Fsp3) is 0.600. The molecule has 1 aromatic rings. The zero-order chi connectivity index (χ0) is 12.7. The minimum Gasteiger partial charge on any atom is -0.271 e. The molecule has 17 heavy (non-hydrogen) atoms. The number of hydrazine groups is 1. The summed E-state index contributed by atoms with van der Waals surface area (Å²) in [7, 11) is 0. The minimum atomic E-state index is 0.390. The van der Waals surface area contributed by atoms with Crippen LogP contribution in [0.3, 0.4) is 0 Å². The molecule has 0 fully saturated rings. The molecule has 2 heteroatoms. The van der Waals surface area contributed by atoms with Crippen molar-refractivity contribution in [2.75, 3.05) is 0 Å². The van der Waals surface area contributed by atoms with E-state index < -0.39 is 0 Å². The second-order valence-electron chi connectivity index (χ2n) is 4.91. The third-order valence-electron chi connectivity index (χ3n) is 3.74. The van der Waals surface area contributed by atoms with Crippen LogP contribution in [0.5, 0.6) is 0 Å². The lowest BCUT2D eigenvalue weighted by Gasteiger charge is -2.22. The number of rotatable bonds is 7. The Bertz CT molecular complexity index is 318. The van der Waals surface area contributed by atoms with Crippen molar-refractivity contribution < 1.29 is 0 Å². The molecule has 3 N–H and O–H groups in total. The van der Waals surface area contributed by atoms with Gasteiger partial charge in [0.1, 0.15) is 0 Å². The average Bonchev–Trinajstić information content (AvgIpc) is 2.36. The van der Waals surface area contributed by atoms with Crippen LogP contribution in [0.2, 0.25) is 0 Å². The van der Waals surface area contributed by atoms with Crippen molar-refractivity contribution >= 4 is 0 Å². The maximum Gasteiger partial charge on any atom is 0.0253 e. The normalized spacial score (nSPS) is 13.0. The van der Waals surface area contributed by atoms with E-state index in [1.807, 2.05) is 0 Å². The molecule has 1 rings (SSSR count). The Morgan fingerprint density at radius 1 is 1.18 bits per heavy atom. The molecule has 0 aliphatic carbocycles. The molecule has 1 unspecified atom stereocenters. The van der Waals surface area contributed by atoms with E-state index >= 15 is 0 Å². The van der Waals surface area contributed by atoms with Crippen molar-refractivity contribution in [2.45, 2.75) is 52.5 Å². The van der Waals surface area contributed by atoms with Gasteiger partial charge in [-0.05, 0) is 36.8 Å².